The lowest BCUT2D eigenvalue weighted by Gasteiger charge is -2.36. The molecule has 230 valence electrons. The SMILES string of the molecule is CCN1CC(n2cc([C@@H](Nc3cc(Cl)cc4c(Nc5ccc(F)c(Cl)c5)c(C#N)cnc34)c3ccccc3)nn2)CC(F)(F)C1. The van der Waals surface area contributed by atoms with Crippen molar-refractivity contribution in [2.75, 3.05) is 30.3 Å². The van der Waals surface area contributed by atoms with Gasteiger partial charge in [0.2, 0.25) is 0 Å². The van der Waals surface area contributed by atoms with Crippen molar-refractivity contribution in [1.82, 2.24) is 24.9 Å². The summed E-state index contributed by atoms with van der Waals surface area (Å²) >= 11 is 12.6. The number of likely N-dealkylation sites (tertiary alicyclic amines) is 1. The van der Waals surface area contributed by atoms with Crippen LogP contribution in [0.4, 0.5) is 30.2 Å². The summed E-state index contributed by atoms with van der Waals surface area (Å²) in [5.74, 6) is -3.40. The summed E-state index contributed by atoms with van der Waals surface area (Å²) in [5, 5.41) is 26.1. The van der Waals surface area contributed by atoms with E-state index in [9.17, 15) is 18.4 Å². The van der Waals surface area contributed by atoms with Crippen LogP contribution in [0, 0.1) is 17.1 Å². The fourth-order valence-corrected chi connectivity index (χ4v) is 6.03. The van der Waals surface area contributed by atoms with Crippen LogP contribution in [-0.4, -0.2) is 50.4 Å². The van der Waals surface area contributed by atoms with E-state index < -0.39 is 23.8 Å². The van der Waals surface area contributed by atoms with Crippen LogP contribution in [0.15, 0.2) is 73.1 Å². The molecule has 0 radical (unpaired) electrons. The third-order valence-corrected chi connectivity index (χ3v) is 8.29. The van der Waals surface area contributed by atoms with Gasteiger partial charge >= 0.3 is 0 Å². The van der Waals surface area contributed by atoms with Gasteiger partial charge in [-0.1, -0.05) is 65.7 Å². The molecule has 1 saturated heterocycles. The van der Waals surface area contributed by atoms with Gasteiger partial charge in [0.1, 0.15) is 17.6 Å². The predicted octanol–water partition coefficient (Wildman–Crippen LogP) is 7.99. The molecule has 8 nitrogen and oxygen atoms in total. The van der Waals surface area contributed by atoms with E-state index in [0.29, 0.717) is 51.8 Å². The average molecular weight is 652 g/mol. The van der Waals surface area contributed by atoms with E-state index >= 15 is 0 Å². The molecule has 0 aliphatic carbocycles. The van der Waals surface area contributed by atoms with Crippen LogP contribution in [0.2, 0.25) is 10.0 Å². The molecular weight excluding hydrogens is 624 g/mol. The Morgan fingerprint density at radius 3 is 2.67 bits per heavy atom. The fourth-order valence-electron chi connectivity index (χ4n) is 5.63. The van der Waals surface area contributed by atoms with Crippen LogP contribution in [-0.2, 0) is 0 Å². The lowest BCUT2D eigenvalue weighted by atomic mass is 10.0. The van der Waals surface area contributed by atoms with Gasteiger partial charge in [-0.2, -0.15) is 5.26 Å². The molecule has 2 aromatic heterocycles. The molecular formula is C32H27Cl2F3N8. The number of nitrogens with one attached hydrogen (secondary N) is 2. The zero-order valence-electron chi connectivity index (χ0n) is 24.0. The smallest absolute Gasteiger partial charge is 0.262 e. The number of halogens is 5. The monoisotopic (exact) mass is 650 g/mol. The van der Waals surface area contributed by atoms with Gasteiger partial charge in [0.25, 0.3) is 5.92 Å². The normalized spacial score (nSPS) is 17.1. The number of likely N-dealkylation sites (N-methyl/N-ethyl adjacent to an activating group) is 1. The second-order valence-corrected chi connectivity index (χ2v) is 11.8. The maximum absolute atomic E-state index is 14.6. The van der Waals surface area contributed by atoms with Gasteiger partial charge in [0.05, 0.1) is 52.3 Å². The van der Waals surface area contributed by atoms with Crippen LogP contribution in [0.1, 0.15) is 42.2 Å². The Kier molecular flexibility index (Phi) is 8.55. The number of rotatable bonds is 8. The summed E-state index contributed by atoms with van der Waals surface area (Å²) < 4.78 is 44.5. The molecule has 13 heteroatoms. The number of hydrogen-bond acceptors (Lipinski definition) is 7. The van der Waals surface area contributed by atoms with E-state index in [-0.39, 0.29) is 23.6 Å². The van der Waals surface area contributed by atoms with E-state index in [1.165, 1.54) is 29.1 Å². The Labute approximate surface area is 267 Å². The number of benzene rings is 3. The first kappa shape index (κ1) is 30.6. The number of nitriles is 1. The van der Waals surface area contributed by atoms with Crippen molar-refractivity contribution in [3.63, 3.8) is 0 Å². The Bertz CT molecular complexity index is 1890. The summed E-state index contributed by atoms with van der Waals surface area (Å²) in [6.07, 6.45) is 2.81. The number of anilines is 3. The van der Waals surface area contributed by atoms with Crippen molar-refractivity contribution in [2.45, 2.75) is 31.4 Å². The van der Waals surface area contributed by atoms with E-state index in [0.717, 1.165) is 5.56 Å². The summed E-state index contributed by atoms with van der Waals surface area (Å²) in [7, 11) is 0. The van der Waals surface area contributed by atoms with Gasteiger partial charge in [-0.15, -0.1) is 5.10 Å². The van der Waals surface area contributed by atoms with Crippen molar-refractivity contribution in [3.8, 4) is 6.07 Å². The Morgan fingerprint density at radius 2 is 1.93 bits per heavy atom. The molecule has 3 heterocycles. The minimum Gasteiger partial charge on any atom is -0.371 e. The molecule has 1 fully saturated rings. The number of nitrogens with zero attached hydrogens (tertiary/aromatic N) is 6. The van der Waals surface area contributed by atoms with Crippen LogP contribution < -0.4 is 10.6 Å². The van der Waals surface area contributed by atoms with Crippen LogP contribution in [0.25, 0.3) is 10.9 Å². The summed E-state index contributed by atoms with van der Waals surface area (Å²) in [6, 6.07) is 18.1. The van der Waals surface area contributed by atoms with Crippen LogP contribution in [0.5, 0.6) is 0 Å². The first-order valence-electron chi connectivity index (χ1n) is 14.2. The van der Waals surface area contributed by atoms with Gasteiger partial charge in [-0.05, 0) is 42.4 Å². The molecule has 0 saturated carbocycles. The standard InChI is InChI=1S/C32H27Cl2F3N8/c1-2-44-16-23(13-32(36,37)18-44)45-17-28(42-43-45)30(19-6-4-3-5-7-19)41-27-11-21(33)10-24-29(20(14-38)15-39-31(24)27)40-22-8-9-26(35)25(34)12-22/h3-12,15,17,23,30,41H,2,13,16,18H2,1H3,(H,39,40)/t23?,30-/m0/s1. The first-order valence-corrected chi connectivity index (χ1v) is 15.0. The summed E-state index contributed by atoms with van der Waals surface area (Å²) in [5.41, 5.74) is 3.50. The molecule has 3 aromatic carbocycles. The number of piperidine rings is 1. The maximum atomic E-state index is 14.6. The maximum Gasteiger partial charge on any atom is 0.262 e. The second-order valence-electron chi connectivity index (χ2n) is 10.9. The topological polar surface area (TPSA) is 94.7 Å². The average Bonchev–Trinajstić information content (AvgIpc) is 3.51. The predicted molar refractivity (Wildman–Crippen MR) is 169 cm³/mol. The fraction of sp³-hybridized carbons (Fsp3) is 0.250. The van der Waals surface area contributed by atoms with E-state index in [1.54, 1.807) is 23.2 Å². The molecule has 2 N–H and O–H groups in total. The number of fused-ring (bicyclic) bond motifs is 1. The van der Waals surface area contributed by atoms with Gasteiger partial charge in [0.15, 0.2) is 0 Å². The van der Waals surface area contributed by atoms with Crippen molar-refractivity contribution >= 4 is 51.2 Å². The van der Waals surface area contributed by atoms with Crippen LogP contribution >= 0.6 is 23.2 Å². The third-order valence-electron chi connectivity index (χ3n) is 7.78. The Morgan fingerprint density at radius 1 is 1.13 bits per heavy atom. The number of pyridine rings is 1. The lowest BCUT2D eigenvalue weighted by Crippen LogP contribution is -2.47. The molecule has 1 unspecified atom stereocenters. The van der Waals surface area contributed by atoms with Crippen LogP contribution in [0.3, 0.4) is 0 Å². The second kappa shape index (κ2) is 12.6. The molecule has 6 rings (SSSR count). The molecule has 1 aliphatic rings. The van der Waals surface area contributed by atoms with Gasteiger partial charge < -0.3 is 10.6 Å². The highest BCUT2D eigenvalue weighted by molar-refractivity contribution is 6.32. The lowest BCUT2D eigenvalue weighted by molar-refractivity contribution is -0.0817. The van der Waals surface area contributed by atoms with Crippen molar-refractivity contribution in [2.24, 2.45) is 0 Å². The summed E-state index contributed by atoms with van der Waals surface area (Å²) in [4.78, 5) is 6.30. The number of alkyl halides is 2. The molecule has 0 spiro atoms. The Hall–Kier alpha value is -4.37. The molecule has 2 atom stereocenters. The van der Waals surface area contributed by atoms with Gasteiger partial charge in [0, 0.05) is 35.3 Å². The van der Waals surface area contributed by atoms with E-state index in [4.69, 9.17) is 23.2 Å². The van der Waals surface area contributed by atoms with Gasteiger partial charge in [-0.25, -0.2) is 17.9 Å². The molecule has 0 bridgehead atoms. The quantitative estimate of drug-likeness (QED) is 0.176. The van der Waals surface area contributed by atoms with E-state index in [1.807, 2.05) is 37.3 Å². The molecule has 1 aliphatic heterocycles. The Balaban J connectivity index is 1.40. The largest absolute Gasteiger partial charge is 0.371 e. The zero-order chi connectivity index (χ0) is 31.7. The summed E-state index contributed by atoms with van der Waals surface area (Å²) in [6.45, 7) is 2.54. The van der Waals surface area contributed by atoms with Crippen molar-refractivity contribution in [1.29, 1.82) is 5.26 Å². The number of hydrogen-bond donors (Lipinski definition) is 2. The highest BCUT2D eigenvalue weighted by Gasteiger charge is 2.41. The van der Waals surface area contributed by atoms with E-state index in [2.05, 4.69) is 32.0 Å². The minimum atomic E-state index is -2.83. The number of aromatic nitrogens is 4. The molecule has 45 heavy (non-hydrogen) atoms. The van der Waals surface area contributed by atoms with Crippen molar-refractivity contribution in [3.05, 3.63) is 106 Å². The minimum absolute atomic E-state index is 0.0737. The van der Waals surface area contributed by atoms with Gasteiger partial charge in [-0.3, -0.25) is 9.88 Å². The first-order chi connectivity index (χ1) is 21.6. The third kappa shape index (κ3) is 6.54. The highest BCUT2D eigenvalue weighted by Crippen LogP contribution is 2.38. The molecule has 5 aromatic rings. The van der Waals surface area contributed by atoms with Crippen molar-refractivity contribution < 1.29 is 13.2 Å². The zero-order valence-corrected chi connectivity index (χ0v) is 25.5. The highest BCUT2D eigenvalue weighted by atomic mass is 35.5. The molecule has 0 amide bonds.